The molecule has 0 heterocycles. The molecule has 0 aliphatic rings. The van der Waals surface area contributed by atoms with Crippen molar-refractivity contribution in [3.8, 4) is 5.75 Å². The Bertz CT molecular complexity index is 865. The van der Waals surface area contributed by atoms with Crippen molar-refractivity contribution in [1.29, 1.82) is 0 Å². The molecule has 2 aromatic rings. The maximum Gasteiger partial charge on any atom is 0.343 e. The molecule has 11 heteroatoms. The van der Waals surface area contributed by atoms with Gasteiger partial charge in [0.15, 0.2) is 0 Å². The Morgan fingerprint density at radius 2 is 1.65 bits per heavy atom. The van der Waals surface area contributed by atoms with Gasteiger partial charge >= 0.3 is 11.9 Å². The lowest BCUT2D eigenvalue weighted by atomic mass is 10.1. The third kappa shape index (κ3) is 5.01. The van der Waals surface area contributed by atoms with Crippen LogP contribution in [0, 0.1) is 10.1 Å². The van der Waals surface area contributed by atoms with E-state index in [-0.39, 0.29) is 16.9 Å². The first kappa shape index (κ1) is 20.6. The van der Waals surface area contributed by atoms with Gasteiger partial charge in [0.2, 0.25) is 5.91 Å². The predicted octanol–water partition coefficient (Wildman–Crippen LogP) is 2.24. The van der Waals surface area contributed by atoms with Gasteiger partial charge < -0.3 is 21.1 Å². The van der Waals surface area contributed by atoms with Gasteiger partial charge in [-0.15, -0.1) is 0 Å². The van der Waals surface area contributed by atoms with E-state index in [1.165, 1.54) is 18.2 Å². The van der Waals surface area contributed by atoms with E-state index < -0.39 is 34.0 Å². The van der Waals surface area contributed by atoms with Crippen molar-refractivity contribution < 1.29 is 34.6 Å². The fraction of sp³-hybridized carbons (Fsp3) is 0. The van der Waals surface area contributed by atoms with Crippen molar-refractivity contribution in [3.05, 3.63) is 67.7 Å². The minimum atomic E-state index is -1.56. The van der Waals surface area contributed by atoms with Crippen molar-refractivity contribution in [1.82, 2.24) is 0 Å². The molecule has 0 saturated heterocycles. The third-order valence-corrected chi connectivity index (χ3v) is 3.40. The Morgan fingerprint density at radius 1 is 1.04 bits per heavy atom. The number of hydrogen-bond donors (Lipinski definition) is 4. The lowest BCUT2D eigenvalue weighted by molar-refractivity contribution is -0.385. The highest BCUT2D eigenvalue weighted by molar-refractivity contribution is 9.10. The van der Waals surface area contributed by atoms with Crippen molar-refractivity contribution in [3.63, 3.8) is 0 Å². The largest absolute Gasteiger partial charge is 0.507 e. The van der Waals surface area contributed by atoms with Crippen LogP contribution in [0.1, 0.15) is 31.1 Å². The minimum absolute atomic E-state index is 0.0978. The zero-order chi connectivity index (χ0) is 20.0. The average Bonchev–Trinajstić information content (AvgIpc) is 2.56. The number of halogens is 1. The number of carbonyl (C=O) groups is 3. The number of hydrogen-bond acceptors (Lipinski definition) is 6. The third-order valence-electron chi connectivity index (χ3n) is 2.91. The van der Waals surface area contributed by atoms with Crippen LogP contribution in [-0.2, 0) is 0 Å². The lowest BCUT2D eigenvalue weighted by Gasteiger charge is -2.02. The van der Waals surface area contributed by atoms with Crippen molar-refractivity contribution in [2.45, 2.75) is 0 Å². The van der Waals surface area contributed by atoms with Crippen LogP contribution < -0.4 is 5.73 Å². The van der Waals surface area contributed by atoms with E-state index in [1.807, 2.05) is 0 Å². The van der Waals surface area contributed by atoms with E-state index >= 15 is 0 Å². The Morgan fingerprint density at radius 3 is 2.08 bits per heavy atom. The van der Waals surface area contributed by atoms with Gasteiger partial charge in [-0.25, -0.2) is 9.59 Å². The van der Waals surface area contributed by atoms with Gasteiger partial charge in [-0.1, -0.05) is 22.0 Å². The molecule has 10 nitrogen and oxygen atoms in total. The smallest absolute Gasteiger partial charge is 0.343 e. The van der Waals surface area contributed by atoms with Crippen molar-refractivity contribution in [2.24, 2.45) is 5.73 Å². The summed E-state index contributed by atoms with van der Waals surface area (Å²) in [5, 5.41) is 36.7. The first-order chi connectivity index (χ1) is 12.1. The summed E-state index contributed by atoms with van der Waals surface area (Å²) < 4.78 is 0.632. The minimum Gasteiger partial charge on any atom is -0.507 e. The Hall–Kier alpha value is -3.47. The second-order valence-corrected chi connectivity index (χ2v) is 5.51. The summed E-state index contributed by atoms with van der Waals surface area (Å²) in [6.07, 6.45) is 0. The van der Waals surface area contributed by atoms with E-state index in [2.05, 4.69) is 15.9 Å². The fourth-order valence-corrected chi connectivity index (χ4v) is 2.16. The summed E-state index contributed by atoms with van der Waals surface area (Å²) in [5.41, 5.74) is 3.08. The zero-order valence-corrected chi connectivity index (χ0v) is 14.3. The van der Waals surface area contributed by atoms with Crippen LogP contribution >= 0.6 is 15.9 Å². The summed E-state index contributed by atoms with van der Waals surface area (Å²) in [6.45, 7) is 0. The molecule has 1 amide bonds. The summed E-state index contributed by atoms with van der Waals surface area (Å²) in [4.78, 5) is 41.6. The molecular weight excluding hydrogens is 416 g/mol. The van der Waals surface area contributed by atoms with Crippen molar-refractivity contribution >= 4 is 39.5 Å². The number of nitrogens with two attached hydrogens (primary N) is 1. The molecule has 0 unspecified atom stereocenters. The van der Waals surface area contributed by atoms with E-state index in [0.29, 0.717) is 4.47 Å². The van der Waals surface area contributed by atoms with E-state index in [1.54, 1.807) is 6.07 Å². The topological polar surface area (TPSA) is 181 Å². The fourth-order valence-electron chi connectivity index (χ4n) is 1.80. The van der Waals surface area contributed by atoms with E-state index in [9.17, 15) is 24.5 Å². The van der Waals surface area contributed by atoms with Crippen LogP contribution in [0.5, 0.6) is 5.75 Å². The van der Waals surface area contributed by atoms with Gasteiger partial charge in [-0.05, 0) is 24.3 Å². The highest BCUT2D eigenvalue weighted by Gasteiger charge is 2.25. The Labute approximate surface area is 153 Å². The molecule has 2 aromatic carbocycles. The lowest BCUT2D eigenvalue weighted by Crippen LogP contribution is -2.17. The van der Waals surface area contributed by atoms with Gasteiger partial charge in [0.05, 0.1) is 10.5 Å². The monoisotopic (exact) mass is 426 g/mol. The summed E-state index contributed by atoms with van der Waals surface area (Å²) >= 11 is 3.09. The molecule has 0 aliphatic heterocycles. The first-order valence-electron chi connectivity index (χ1n) is 6.58. The average molecular weight is 427 g/mol. The maximum absolute atomic E-state index is 10.8. The van der Waals surface area contributed by atoms with Crippen LogP contribution in [0.4, 0.5) is 5.69 Å². The van der Waals surface area contributed by atoms with Crippen molar-refractivity contribution in [2.75, 3.05) is 0 Å². The zero-order valence-electron chi connectivity index (χ0n) is 12.7. The van der Waals surface area contributed by atoms with Gasteiger partial charge in [-0.3, -0.25) is 14.9 Å². The van der Waals surface area contributed by atoms with Crippen LogP contribution in [0.15, 0.2) is 40.9 Å². The van der Waals surface area contributed by atoms with Crippen LogP contribution in [-0.4, -0.2) is 38.1 Å². The number of aromatic carboxylic acids is 2. The summed E-state index contributed by atoms with van der Waals surface area (Å²) in [5.74, 6) is -3.93. The van der Waals surface area contributed by atoms with Gasteiger partial charge in [0.25, 0.3) is 5.69 Å². The molecule has 0 aliphatic carbocycles. The number of carboxylic acids is 2. The van der Waals surface area contributed by atoms with E-state index in [4.69, 9.17) is 21.1 Å². The molecule has 0 atom stereocenters. The number of phenols is 1. The SMILES string of the molecule is NC(=O)c1cccc([N+](=O)[O-])c1C(=O)O.O=C(O)c1cc(Br)ccc1O. The number of nitrogens with zero attached hydrogens (tertiary/aromatic N) is 1. The van der Waals surface area contributed by atoms with Crippen LogP contribution in [0.3, 0.4) is 0 Å². The number of carboxylic acid groups (broad SMARTS) is 2. The second-order valence-electron chi connectivity index (χ2n) is 4.59. The number of aromatic hydroxyl groups is 1. The number of benzene rings is 2. The Balaban J connectivity index is 0.000000273. The number of nitro groups is 1. The first-order valence-corrected chi connectivity index (χ1v) is 7.37. The molecule has 0 aromatic heterocycles. The molecule has 136 valence electrons. The van der Waals surface area contributed by atoms with E-state index in [0.717, 1.165) is 12.1 Å². The van der Waals surface area contributed by atoms with Crippen LogP contribution in [0.25, 0.3) is 0 Å². The molecule has 0 radical (unpaired) electrons. The number of amides is 1. The molecule has 2 rings (SSSR count). The predicted molar refractivity (Wildman–Crippen MR) is 91.3 cm³/mol. The normalized spacial score (nSPS) is 9.58. The molecule has 0 saturated carbocycles. The number of carbonyl (C=O) groups excluding carboxylic acids is 1. The standard InChI is InChI=1S/C8H6N2O5.C7H5BrO3/c9-7(11)4-2-1-3-5(10(14)15)6(4)8(12)13;8-4-1-2-6(9)5(3-4)7(10)11/h1-3H,(H2,9,11)(H,12,13);1-3,9H,(H,10,11). The highest BCUT2D eigenvalue weighted by Crippen LogP contribution is 2.22. The number of rotatable bonds is 4. The van der Waals surface area contributed by atoms with Gasteiger partial charge in [-0.2, -0.15) is 0 Å². The molecular formula is C15H11BrN2O8. The van der Waals surface area contributed by atoms with Gasteiger partial charge in [0, 0.05) is 10.5 Å². The van der Waals surface area contributed by atoms with Crippen LogP contribution in [0.2, 0.25) is 0 Å². The summed E-state index contributed by atoms with van der Waals surface area (Å²) in [7, 11) is 0. The number of primary amides is 1. The summed E-state index contributed by atoms with van der Waals surface area (Å²) in [6, 6.07) is 7.56. The van der Waals surface area contributed by atoms with Gasteiger partial charge in [0.1, 0.15) is 16.9 Å². The Kier molecular flexibility index (Phi) is 6.79. The molecule has 26 heavy (non-hydrogen) atoms. The molecule has 5 N–H and O–H groups in total. The second kappa shape index (κ2) is 8.58. The quantitative estimate of drug-likeness (QED) is 0.423. The molecule has 0 fully saturated rings. The number of nitro benzene ring substituents is 1. The highest BCUT2D eigenvalue weighted by atomic mass is 79.9. The molecule has 0 bridgehead atoms. The molecule has 0 spiro atoms. The maximum atomic E-state index is 10.8.